The van der Waals surface area contributed by atoms with E-state index in [2.05, 4.69) is 10.6 Å². The number of carbonyl (C=O) groups is 1. The molecule has 126 valence electrons. The standard InChI is InChI=1S/C17H19N3O3S/c1-13(24-14-7-3-2-4-8-14)17(21)19-12-11-18-15-9-5-6-10-16(15)20(22)23/h2-10,13,18H,11-12H2,1H3,(H,19,21). The maximum atomic E-state index is 12.1. The van der Waals surface area contributed by atoms with Gasteiger partial charge in [-0.25, -0.2) is 0 Å². The van der Waals surface area contributed by atoms with Crippen LogP contribution in [0.25, 0.3) is 0 Å². The molecule has 0 bridgehead atoms. The van der Waals surface area contributed by atoms with Gasteiger partial charge in [-0.2, -0.15) is 0 Å². The number of thioether (sulfide) groups is 1. The first-order valence-corrected chi connectivity index (χ1v) is 8.42. The predicted molar refractivity (Wildman–Crippen MR) is 96.4 cm³/mol. The van der Waals surface area contributed by atoms with Crippen molar-refractivity contribution in [1.29, 1.82) is 0 Å². The predicted octanol–water partition coefficient (Wildman–Crippen LogP) is 3.30. The van der Waals surface area contributed by atoms with Gasteiger partial charge in [-0.1, -0.05) is 30.3 Å². The monoisotopic (exact) mass is 345 g/mol. The van der Waals surface area contributed by atoms with Crippen molar-refractivity contribution < 1.29 is 9.72 Å². The Morgan fingerprint density at radius 2 is 1.79 bits per heavy atom. The number of amides is 1. The number of nitrogens with one attached hydrogen (secondary N) is 2. The average molecular weight is 345 g/mol. The Morgan fingerprint density at radius 3 is 2.50 bits per heavy atom. The van der Waals surface area contributed by atoms with E-state index in [-0.39, 0.29) is 16.8 Å². The van der Waals surface area contributed by atoms with Crippen molar-refractivity contribution in [2.45, 2.75) is 17.1 Å². The lowest BCUT2D eigenvalue weighted by Crippen LogP contribution is -2.34. The number of carbonyl (C=O) groups excluding carboxylic acids is 1. The number of para-hydroxylation sites is 2. The SMILES string of the molecule is CC(Sc1ccccc1)C(=O)NCCNc1ccccc1[N+](=O)[O-]. The van der Waals surface area contributed by atoms with E-state index in [1.165, 1.54) is 17.8 Å². The third-order valence-corrected chi connectivity index (χ3v) is 4.38. The highest BCUT2D eigenvalue weighted by molar-refractivity contribution is 8.00. The largest absolute Gasteiger partial charge is 0.378 e. The molecule has 0 aliphatic rings. The summed E-state index contributed by atoms with van der Waals surface area (Å²) in [5.41, 5.74) is 0.472. The minimum atomic E-state index is -0.431. The van der Waals surface area contributed by atoms with E-state index >= 15 is 0 Å². The van der Waals surface area contributed by atoms with E-state index in [9.17, 15) is 14.9 Å². The summed E-state index contributed by atoms with van der Waals surface area (Å²) in [5.74, 6) is -0.0618. The fraction of sp³-hybridized carbons (Fsp3) is 0.235. The van der Waals surface area contributed by atoms with Gasteiger partial charge in [0.2, 0.25) is 5.91 Å². The van der Waals surface area contributed by atoms with Crippen molar-refractivity contribution in [2.24, 2.45) is 0 Å². The first-order valence-electron chi connectivity index (χ1n) is 7.54. The lowest BCUT2D eigenvalue weighted by Gasteiger charge is -2.12. The van der Waals surface area contributed by atoms with Crippen LogP contribution < -0.4 is 10.6 Å². The van der Waals surface area contributed by atoms with Gasteiger partial charge >= 0.3 is 0 Å². The maximum Gasteiger partial charge on any atom is 0.292 e. The number of anilines is 1. The van der Waals surface area contributed by atoms with Crippen LogP contribution in [0.5, 0.6) is 0 Å². The van der Waals surface area contributed by atoms with E-state index in [0.717, 1.165) is 4.90 Å². The van der Waals surface area contributed by atoms with Crippen LogP contribution in [0.15, 0.2) is 59.5 Å². The van der Waals surface area contributed by atoms with Crippen LogP contribution in [0.2, 0.25) is 0 Å². The zero-order valence-corrected chi connectivity index (χ0v) is 14.1. The van der Waals surface area contributed by atoms with Crippen molar-refractivity contribution in [3.63, 3.8) is 0 Å². The van der Waals surface area contributed by atoms with E-state index in [1.807, 2.05) is 37.3 Å². The normalized spacial score (nSPS) is 11.5. The molecule has 0 saturated heterocycles. The van der Waals surface area contributed by atoms with Gasteiger partial charge in [-0.05, 0) is 25.1 Å². The molecule has 1 atom stereocenters. The Kier molecular flexibility index (Phi) is 6.62. The second-order valence-corrected chi connectivity index (χ2v) is 6.48. The van der Waals surface area contributed by atoms with Crippen LogP contribution in [-0.4, -0.2) is 29.2 Å². The Morgan fingerprint density at radius 1 is 1.12 bits per heavy atom. The molecule has 2 aromatic rings. The molecule has 0 radical (unpaired) electrons. The molecule has 2 aromatic carbocycles. The molecule has 0 saturated carbocycles. The third kappa shape index (κ3) is 5.27. The van der Waals surface area contributed by atoms with Gasteiger partial charge < -0.3 is 10.6 Å². The van der Waals surface area contributed by atoms with Crippen molar-refractivity contribution in [3.8, 4) is 0 Å². The number of rotatable bonds is 8. The quantitative estimate of drug-likeness (QED) is 0.332. The van der Waals surface area contributed by atoms with Crippen molar-refractivity contribution in [3.05, 3.63) is 64.7 Å². The second kappa shape index (κ2) is 8.93. The molecular weight excluding hydrogens is 326 g/mol. The highest BCUT2D eigenvalue weighted by Crippen LogP contribution is 2.23. The zero-order chi connectivity index (χ0) is 17.4. The Balaban J connectivity index is 1.76. The molecule has 1 amide bonds. The molecule has 24 heavy (non-hydrogen) atoms. The van der Waals surface area contributed by atoms with E-state index < -0.39 is 4.92 Å². The minimum absolute atomic E-state index is 0.0248. The lowest BCUT2D eigenvalue weighted by molar-refractivity contribution is -0.384. The van der Waals surface area contributed by atoms with Crippen molar-refractivity contribution in [2.75, 3.05) is 18.4 Å². The number of nitro groups is 1. The van der Waals surface area contributed by atoms with Gasteiger partial charge in [-0.3, -0.25) is 14.9 Å². The molecule has 6 nitrogen and oxygen atoms in total. The molecule has 7 heteroatoms. The molecular formula is C17H19N3O3S. The summed E-state index contributed by atoms with van der Waals surface area (Å²) in [6.45, 7) is 2.66. The van der Waals surface area contributed by atoms with Gasteiger partial charge in [-0.15, -0.1) is 11.8 Å². The Labute approximate surface area is 144 Å². The summed E-state index contributed by atoms with van der Waals surface area (Å²) in [6.07, 6.45) is 0. The molecule has 0 aliphatic heterocycles. The lowest BCUT2D eigenvalue weighted by atomic mass is 10.2. The van der Waals surface area contributed by atoms with Crippen LogP contribution in [0.1, 0.15) is 6.92 Å². The third-order valence-electron chi connectivity index (χ3n) is 3.27. The zero-order valence-electron chi connectivity index (χ0n) is 13.3. The minimum Gasteiger partial charge on any atom is -0.378 e. The van der Waals surface area contributed by atoms with Gasteiger partial charge in [0.05, 0.1) is 10.2 Å². The maximum absolute atomic E-state index is 12.1. The highest BCUT2D eigenvalue weighted by Gasteiger charge is 2.14. The van der Waals surface area contributed by atoms with Gasteiger partial charge in [0.15, 0.2) is 0 Å². The van der Waals surface area contributed by atoms with Gasteiger partial charge in [0.25, 0.3) is 5.69 Å². The van der Waals surface area contributed by atoms with Crippen LogP contribution in [0.4, 0.5) is 11.4 Å². The van der Waals surface area contributed by atoms with Crippen LogP contribution in [-0.2, 0) is 4.79 Å². The molecule has 0 aromatic heterocycles. The number of hydrogen-bond donors (Lipinski definition) is 2. The van der Waals surface area contributed by atoms with E-state index in [0.29, 0.717) is 18.8 Å². The summed E-state index contributed by atoms with van der Waals surface area (Å²) in [4.78, 5) is 23.6. The molecule has 2 N–H and O–H groups in total. The first-order chi connectivity index (χ1) is 11.6. The summed E-state index contributed by atoms with van der Waals surface area (Å²) < 4.78 is 0. The van der Waals surface area contributed by atoms with Crippen LogP contribution in [0.3, 0.4) is 0 Å². The summed E-state index contributed by atoms with van der Waals surface area (Å²) in [6, 6.07) is 16.2. The van der Waals surface area contributed by atoms with E-state index in [1.54, 1.807) is 18.2 Å². The fourth-order valence-electron chi connectivity index (χ4n) is 2.07. The Hall–Kier alpha value is -2.54. The van der Waals surface area contributed by atoms with Crippen molar-refractivity contribution in [1.82, 2.24) is 5.32 Å². The summed E-state index contributed by atoms with van der Waals surface area (Å²) in [5, 5.41) is 16.5. The molecule has 2 rings (SSSR count). The molecule has 0 spiro atoms. The number of hydrogen-bond acceptors (Lipinski definition) is 5. The smallest absolute Gasteiger partial charge is 0.292 e. The highest BCUT2D eigenvalue weighted by atomic mass is 32.2. The fourth-order valence-corrected chi connectivity index (χ4v) is 2.98. The van der Waals surface area contributed by atoms with Crippen LogP contribution >= 0.6 is 11.8 Å². The molecule has 0 aliphatic carbocycles. The topological polar surface area (TPSA) is 84.3 Å². The summed E-state index contributed by atoms with van der Waals surface area (Å²) >= 11 is 1.49. The number of nitro benzene ring substituents is 1. The number of benzene rings is 2. The second-order valence-electron chi connectivity index (χ2n) is 5.07. The Bertz CT molecular complexity index is 694. The van der Waals surface area contributed by atoms with Crippen molar-refractivity contribution >= 4 is 29.0 Å². The first kappa shape index (κ1) is 17.8. The van der Waals surface area contributed by atoms with E-state index in [4.69, 9.17) is 0 Å². The molecule has 0 heterocycles. The van der Waals surface area contributed by atoms with Gasteiger partial charge in [0, 0.05) is 24.1 Å². The average Bonchev–Trinajstić information content (AvgIpc) is 2.59. The molecule has 0 fully saturated rings. The molecule has 1 unspecified atom stereocenters. The van der Waals surface area contributed by atoms with Gasteiger partial charge in [0.1, 0.15) is 5.69 Å². The summed E-state index contributed by atoms with van der Waals surface area (Å²) in [7, 11) is 0. The van der Waals surface area contributed by atoms with Crippen LogP contribution in [0, 0.1) is 10.1 Å². The number of nitrogens with zero attached hydrogens (tertiary/aromatic N) is 1.